The number of rotatable bonds is 1. The van der Waals surface area contributed by atoms with E-state index >= 15 is 0 Å². The Kier molecular flexibility index (Phi) is 2.07. The first-order chi connectivity index (χ1) is 5.81. The van der Waals surface area contributed by atoms with Crippen molar-refractivity contribution in [3.63, 3.8) is 0 Å². The Morgan fingerprint density at radius 3 is 3.25 bits per heavy atom. The van der Waals surface area contributed by atoms with Crippen molar-refractivity contribution in [3.05, 3.63) is 11.8 Å². The molecule has 0 aromatic carbocycles. The van der Waals surface area contributed by atoms with Gasteiger partial charge in [0.15, 0.2) is 6.29 Å². The van der Waals surface area contributed by atoms with Crippen LogP contribution in [0.15, 0.2) is 11.8 Å². The zero-order valence-electron chi connectivity index (χ0n) is 7.32. The third-order valence-electron chi connectivity index (χ3n) is 2.78. The van der Waals surface area contributed by atoms with Crippen LogP contribution in [0.25, 0.3) is 0 Å². The average Bonchev–Trinajstić information content (AvgIpc) is 2.46. The van der Waals surface area contributed by atoms with Gasteiger partial charge in [0.2, 0.25) is 0 Å². The van der Waals surface area contributed by atoms with Crippen LogP contribution in [0.4, 0.5) is 0 Å². The van der Waals surface area contributed by atoms with Gasteiger partial charge >= 0.3 is 0 Å². The maximum atomic E-state index is 5.74. The highest BCUT2D eigenvalue weighted by Gasteiger charge is 2.37. The smallest absolute Gasteiger partial charge is 0.160 e. The number of nitrogens with two attached hydrogens (primary N) is 1. The molecule has 1 heterocycles. The zero-order chi connectivity index (χ0) is 8.55. The van der Waals surface area contributed by atoms with E-state index < -0.39 is 0 Å². The van der Waals surface area contributed by atoms with Crippen molar-refractivity contribution in [2.75, 3.05) is 13.7 Å². The van der Waals surface area contributed by atoms with E-state index in [-0.39, 0.29) is 6.29 Å². The van der Waals surface area contributed by atoms with Gasteiger partial charge in [-0.05, 0) is 12.8 Å². The van der Waals surface area contributed by atoms with Crippen LogP contribution in [0, 0.1) is 11.8 Å². The molecule has 0 aromatic heterocycles. The second-order valence-corrected chi connectivity index (χ2v) is 3.55. The highest BCUT2D eigenvalue weighted by molar-refractivity contribution is 5.08. The third-order valence-corrected chi connectivity index (χ3v) is 2.78. The van der Waals surface area contributed by atoms with Crippen molar-refractivity contribution in [1.29, 1.82) is 0 Å². The molecule has 68 valence electrons. The first-order valence-corrected chi connectivity index (χ1v) is 4.42. The minimum Gasteiger partial charge on any atom is -0.402 e. The van der Waals surface area contributed by atoms with Crippen LogP contribution in [0.2, 0.25) is 0 Å². The topological polar surface area (TPSA) is 44.5 Å². The molecule has 0 aromatic rings. The Hall–Kier alpha value is -0.540. The average molecular weight is 169 g/mol. The molecule has 1 fully saturated rings. The van der Waals surface area contributed by atoms with Crippen LogP contribution in [-0.4, -0.2) is 20.0 Å². The van der Waals surface area contributed by atoms with Crippen molar-refractivity contribution in [2.24, 2.45) is 17.6 Å². The molecule has 0 radical (unpaired) electrons. The van der Waals surface area contributed by atoms with Crippen molar-refractivity contribution in [2.45, 2.75) is 19.1 Å². The number of hydrogen-bond donors (Lipinski definition) is 1. The van der Waals surface area contributed by atoms with Gasteiger partial charge in [0, 0.05) is 24.6 Å². The van der Waals surface area contributed by atoms with Crippen LogP contribution in [0.1, 0.15) is 12.8 Å². The van der Waals surface area contributed by atoms with E-state index in [1.807, 2.05) is 0 Å². The van der Waals surface area contributed by atoms with E-state index in [0.29, 0.717) is 11.8 Å². The van der Waals surface area contributed by atoms with Gasteiger partial charge in [0.25, 0.3) is 0 Å². The van der Waals surface area contributed by atoms with Gasteiger partial charge < -0.3 is 15.2 Å². The molecule has 2 aliphatic rings. The van der Waals surface area contributed by atoms with E-state index in [2.05, 4.69) is 6.08 Å². The molecule has 2 rings (SSSR count). The second kappa shape index (κ2) is 3.07. The summed E-state index contributed by atoms with van der Waals surface area (Å²) in [5.41, 5.74) is 6.75. The first kappa shape index (κ1) is 8.08. The molecule has 3 heteroatoms. The molecule has 1 aliphatic heterocycles. The van der Waals surface area contributed by atoms with E-state index in [0.717, 1.165) is 25.1 Å². The van der Waals surface area contributed by atoms with Gasteiger partial charge in [-0.1, -0.05) is 6.08 Å². The van der Waals surface area contributed by atoms with Crippen molar-refractivity contribution in [1.82, 2.24) is 0 Å². The molecule has 0 spiro atoms. The SMILES string of the molecule is COC1OCC2C=C(N)CCC21. The summed E-state index contributed by atoms with van der Waals surface area (Å²) in [6.07, 6.45) is 4.22. The number of methoxy groups -OCH3 is 1. The number of hydrogen-bond acceptors (Lipinski definition) is 3. The van der Waals surface area contributed by atoms with Crippen LogP contribution in [-0.2, 0) is 9.47 Å². The molecule has 0 amide bonds. The Labute approximate surface area is 72.5 Å². The number of allylic oxidation sites excluding steroid dienone is 1. The minimum atomic E-state index is -0.000602. The van der Waals surface area contributed by atoms with Crippen molar-refractivity contribution >= 4 is 0 Å². The summed E-state index contributed by atoms with van der Waals surface area (Å²) in [6.45, 7) is 0.768. The first-order valence-electron chi connectivity index (χ1n) is 4.42. The molecule has 1 aliphatic carbocycles. The fraction of sp³-hybridized carbons (Fsp3) is 0.778. The second-order valence-electron chi connectivity index (χ2n) is 3.55. The van der Waals surface area contributed by atoms with E-state index in [4.69, 9.17) is 15.2 Å². The predicted octanol–water partition coefficient (Wildman–Crippen LogP) is 0.858. The van der Waals surface area contributed by atoms with Crippen molar-refractivity contribution < 1.29 is 9.47 Å². The fourth-order valence-corrected chi connectivity index (χ4v) is 2.11. The number of ether oxygens (including phenoxy) is 2. The molecular weight excluding hydrogens is 154 g/mol. The molecule has 3 unspecified atom stereocenters. The lowest BCUT2D eigenvalue weighted by molar-refractivity contribution is -0.111. The van der Waals surface area contributed by atoms with Crippen LogP contribution < -0.4 is 5.73 Å². The molecule has 0 bridgehead atoms. The van der Waals surface area contributed by atoms with E-state index in [1.165, 1.54) is 0 Å². The van der Waals surface area contributed by atoms with Gasteiger partial charge in [0.1, 0.15) is 0 Å². The van der Waals surface area contributed by atoms with Crippen LogP contribution in [0.5, 0.6) is 0 Å². The maximum Gasteiger partial charge on any atom is 0.160 e. The molecule has 0 saturated carbocycles. The zero-order valence-corrected chi connectivity index (χ0v) is 7.32. The molecule has 3 nitrogen and oxygen atoms in total. The molecule has 2 N–H and O–H groups in total. The predicted molar refractivity (Wildman–Crippen MR) is 45.2 cm³/mol. The Morgan fingerprint density at radius 1 is 1.67 bits per heavy atom. The largest absolute Gasteiger partial charge is 0.402 e. The summed E-state index contributed by atoms with van der Waals surface area (Å²) in [5.74, 6) is 1.02. The normalized spacial score (nSPS) is 40.8. The van der Waals surface area contributed by atoms with E-state index in [1.54, 1.807) is 7.11 Å². The van der Waals surface area contributed by atoms with Gasteiger partial charge in [-0.3, -0.25) is 0 Å². The molecule has 12 heavy (non-hydrogen) atoms. The summed E-state index contributed by atoms with van der Waals surface area (Å²) < 4.78 is 10.7. The summed E-state index contributed by atoms with van der Waals surface area (Å²) in [4.78, 5) is 0. The van der Waals surface area contributed by atoms with Crippen molar-refractivity contribution in [3.8, 4) is 0 Å². The van der Waals surface area contributed by atoms with Gasteiger partial charge in [-0.25, -0.2) is 0 Å². The maximum absolute atomic E-state index is 5.74. The van der Waals surface area contributed by atoms with Gasteiger partial charge in [0.05, 0.1) is 6.61 Å². The van der Waals surface area contributed by atoms with Gasteiger partial charge in [-0.2, -0.15) is 0 Å². The third kappa shape index (κ3) is 1.23. The summed E-state index contributed by atoms with van der Waals surface area (Å²) >= 11 is 0. The summed E-state index contributed by atoms with van der Waals surface area (Å²) in [6, 6.07) is 0. The fourth-order valence-electron chi connectivity index (χ4n) is 2.11. The Morgan fingerprint density at radius 2 is 2.50 bits per heavy atom. The highest BCUT2D eigenvalue weighted by Crippen LogP contribution is 2.36. The molecule has 3 atom stereocenters. The Balaban J connectivity index is 2.09. The summed E-state index contributed by atoms with van der Waals surface area (Å²) in [7, 11) is 1.70. The minimum absolute atomic E-state index is 0.000602. The van der Waals surface area contributed by atoms with Crippen LogP contribution in [0.3, 0.4) is 0 Å². The molecule has 1 saturated heterocycles. The highest BCUT2D eigenvalue weighted by atomic mass is 16.7. The lowest BCUT2D eigenvalue weighted by Gasteiger charge is -2.24. The Bertz CT molecular complexity index is 203. The lowest BCUT2D eigenvalue weighted by atomic mass is 9.84. The van der Waals surface area contributed by atoms with Crippen LogP contribution >= 0.6 is 0 Å². The monoisotopic (exact) mass is 169 g/mol. The van der Waals surface area contributed by atoms with E-state index in [9.17, 15) is 0 Å². The lowest BCUT2D eigenvalue weighted by Crippen LogP contribution is -2.25. The standard InChI is InChI=1S/C9H15NO2/c1-11-9-8-3-2-7(10)4-6(8)5-12-9/h4,6,8-9H,2-3,5,10H2,1H3. The van der Waals surface area contributed by atoms with Gasteiger partial charge in [-0.15, -0.1) is 0 Å². The quantitative estimate of drug-likeness (QED) is 0.633. The number of fused-ring (bicyclic) bond motifs is 1. The summed E-state index contributed by atoms with van der Waals surface area (Å²) in [5, 5.41) is 0. The molecular formula is C9H15NO2.